The zero-order valence-corrected chi connectivity index (χ0v) is 13.7. The predicted octanol–water partition coefficient (Wildman–Crippen LogP) is 3.52. The SMILES string of the molecule is CCCNc1nc(Nc2ccc(I)cc2)c2[nH]cnc2n1. The number of fused-ring (bicyclic) bond motifs is 1. The molecule has 0 aliphatic carbocycles. The van der Waals surface area contributed by atoms with Gasteiger partial charge in [-0.25, -0.2) is 4.98 Å². The molecular weight excluding hydrogens is 379 g/mol. The summed E-state index contributed by atoms with van der Waals surface area (Å²) in [4.78, 5) is 16.2. The molecule has 0 amide bonds. The number of aromatic amines is 1. The zero-order chi connectivity index (χ0) is 14.7. The lowest BCUT2D eigenvalue weighted by Gasteiger charge is -2.09. The third kappa shape index (κ3) is 3.23. The zero-order valence-electron chi connectivity index (χ0n) is 11.5. The van der Waals surface area contributed by atoms with E-state index in [2.05, 4.69) is 60.1 Å². The van der Waals surface area contributed by atoms with E-state index in [1.165, 1.54) is 3.57 Å². The van der Waals surface area contributed by atoms with Crippen molar-refractivity contribution >= 4 is 51.2 Å². The van der Waals surface area contributed by atoms with E-state index in [1.807, 2.05) is 24.3 Å². The van der Waals surface area contributed by atoms with Crippen LogP contribution in [0, 0.1) is 3.57 Å². The summed E-state index contributed by atoms with van der Waals surface area (Å²) in [6.07, 6.45) is 2.64. The number of rotatable bonds is 5. The van der Waals surface area contributed by atoms with Gasteiger partial charge in [-0.05, 0) is 53.3 Å². The number of nitrogens with one attached hydrogen (secondary N) is 3. The van der Waals surface area contributed by atoms with Gasteiger partial charge in [-0.2, -0.15) is 9.97 Å². The first-order chi connectivity index (χ1) is 10.3. The molecular formula is C14H15IN6. The Morgan fingerprint density at radius 1 is 1.19 bits per heavy atom. The lowest BCUT2D eigenvalue weighted by molar-refractivity contribution is 0.956. The van der Waals surface area contributed by atoms with Gasteiger partial charge in [-0.1, -0.05) is 6.92 Å². The van der Waals surface area contributed by atoms with E-state index in [-0.39, 0.29) is 0 Å². The summed E-state index contributed by atoms with van der Waals surface area (Å²) in [5, 5.41) is 6.51. The summed E-state index contributed by atoms with van der Waals surface area (Å²) in [7, 11) is 0. The van der Waals surface area contributed by atoms with Crippen LogP contribution in [0.1, 0.15) is 13.3 Å². The highest BCUT2D eigenvalue weighted by molar-refractivity contribution is 14.1. The van der Waals surface area contributed by atoms with Crippen LogP contribution in [0.5, 0.6) is 0 Å². The van der Waals surface area contributed by atoms with Crippen LogP contribution < -0.4 is 10.6 Å². The minimum absolute atomic E-state index is 0.587. The summed E-state index contributed by atoms with van der Waals surface area (Å²) in [6.45, 7) is 2.93. The fraction of sp³-hybridized carbons (Fsp3) is 0.214. The second-order valence-corrected chi connectivity index (χ2v) is 5.80. The molecule has 0 saturated heterocycles. The predicted molar refractivity (Wildman–Crippen MR) is 92.9 cm³/mol. The van der Waals surface area contributed by atoms with Crippen LogP contribution in [0.3, 0.4) is 0 Å². The maximum atomic E-state index is 4.52. The maximum absolute atomic E-state index is 4.52. The van der Waals surface area contributed by atoms with E-state index >= 15 is 0 Å². The average molecular weight is 394 g/mol. The van der Waals surface area contributed by atoms with E-state index in [4.69, 9.17) is 0 Å². The highest BCUT2D eigenvalue weighted by Gasteiger charge is 2.10. The van der Waals surface area contributed by atoms with Gasteiger partial charge in [0.25, 0.3) is 0 Å². The number of benzene rings is 1. The van der Waals surface area contributed by atoms with E-state index < -0.39 is 0 Å². The quantitative estimate of drug-likeness (QED) is 0.578. The van der Waals surface area contributed by atoms with Crippen molar-refractivity contribution < 1.29 is 0 Å². The molecule has 0 saturated carbocycles. The van der Waals surface area contributed by atoms with Crippen LogP contribution in [0.4, 0.5) is 17.5 Å². The van der Waals surface area contributed by atoms with Gasteiger partial charge in [-0.3, -0.25) is 0 Å². The third-order valence-corrected chi connectivity index (χ3v) is 3.64. The summed E-state index contributed by atoms with van der Waals surface area (Å²) in [5.74, 6) is 1.31. The van der Waals surface area contributed by atoms with Crippen LogP contribution in [-0.2, 0) is 0 Å². The Labute approximate surface area is 135 Å². The van der Waals surface area contributed by atoms with Gasteiger partial charge in [0.05, 0.1) is 6.33 Å². The van der Waals surface area contributed by atoms with Gasteiger partial charge in [0, 0.05) is 15.8 Å². The highest BCUT2D eigenvalue weighted by Crippen LogP contribution is 2.23. The fourth-order valence-electron chi connectivity index (χ4n) is 1.91. The fourth-order valence-corrected chi connectivity index (χ4v) is 2.27. The first-order valence-corrected chi connectivity index (χ1v) is 7.81. The molecule has 6 nitrogen and oxygen atoms in total. The number of imidazole rings is 1. The summed E-state index contributed by atoms with van der Waals surface area (Å²) >= 11 is 2.28. The second-order valence-electron chi connectivity index (χ2n) is 4.56. The van der Waals surface area contributed by atoms with Crippen molar-refractivity contribution in [1.29, 1.82) is 0 Å². The number of aromatic nitrogens is 4. The summed E-state index contributed by atoms with van der Waals surface area (Å²) in [5.41, 5.74) is 2.43. The smallest absolute Gasteiger partial charge is 0.226 e. The van der Waals surface area contributed by atoms with Gasteiger partial charge in [0.15, 0.2) is 11.5 Å². The van der Waals surface area contributed by atoms with E-state index in [0.29, 0.717) is 11.6 Å². The molecule has 3 aromatic rings. The molecule has 0 aliphatic rings. The molecule has 0 unspecified atom stereocenters. The number of nitrogens with zero attached hydrogens (tertiary/aromatic N) is 3. The van der Waals surface area contributed by atoms with Crippen LogP contribution in [0.25, 0.3) is 11.2 Å². The molecule has 0 spiro atoms. The molecule has 2 heterocycles. The van der Waals surface area contributed by atoms with E-state index in [1.54, 1.807) is 6.33 Å². The Morgan fingerprint density at radius 3 is 2.76 bits per heavy atom. The maximum Gasteiger partial charge on any atom is 0.226 e. The van der Waals surface area contributed by atoms with Crippen molar-refractivity contribution in [2.24, 2.45) is 0 Å². The van der Waals surface area contributed by atoms with Crippen LogP contribution in [0.15, 0.2) is 30.6 Å². The Morgan fingerprint density at radius 2 is 2.00 bits per heavy atom. The summed E-state index contributed by atoms with van der Waals surface area (Å²) in [6, 6.07) is 8.13. The van der Waals surface area contributed by atoms with Gasteiger partial charge in [0.1, 0.15) is 5.52 Å². The first kappa shape index (κ1) is 14.1. The van der Waals surface area contributed by atoms with Crippen molar-refractivity contribution in [3.63, 3.8) is 0 Å². The number of anilines is 3. The summed E-state index contributed by atoms with van der Waals surface area (Å²) < 4.78 is 1.19. The number of hydrogen-bond acceptors (Lipinski definition) is 5. The molecule has 7 heteroatoms. The lowest BCUT2D eigenvalue weighted by atomic mass is 10.3. The van der Waals surface area contributed by atoms with Gasteiger partial charge >= 0.3 is 0 Å². The Hall–Kier alpha value is -1.90. The molecule has 2 aromatic heterocycles. The topological polar surface area (TPSA) is 78.5 Å². The van der Waals surface area contributed by atoms with Gasteiger partial charge in [0.2, 0.25) is 5.95 Å². The normalized spacial score (nSPS) is 10.8. The average Bonchev–Trinajstić information content (AvgIpc) is 2.96. The molecule has 21 heavy (non-hydrogen) atoms. The largest absolute Gasteiger partial charge is 0.354 e. The highest BCUT2D eigenvalue weighted by atomic mass is 127. The van der Waals surface area contributed by atoms with Crippen molar-refractivity contribution in [3.05, 3.63) is 34.2 Å². The van der Waals surface area contributed by atoms with Gasteiger partial charge in [-0.15, -0.1) is 0 Å². The molecule has 3 rings (SSSR count). The van der Waals surface area contributed by atoms with Crippen molar-refractivity contribution in [1.82, 2.24) is 19.9 Å². The lowest BCUT2D eigenvalue weighted by Crippen LogP contribution is -2.06. The number of halogens is 1. The number of hydrogen-bond donors (Lipinski definition) is 3. The van der Waals surface area contributed by atoms with Crippen molar-refractivity contribution in [3.8, 4) is 0 Å². The van der Waals surface area contributed by atoms with Crippen LogP contribution in [-0.4, -0.2) is 26.5 Å². The third-order valence-electron chi connectivity index (χ3n) is 2.93. The minimum atomic E-state index is 0.587. The minimum Gasteiger partial charge on any atom is -0.354 e. The molecule has 3 N–H and O–H groups in total. The van der Waals surface area contributed by atoms with Gasteiger partial charge < -0.3 is 15.6 Å². The first-order valence-electron chi connectivity index (χ1n) is 6.74. The molecule has 0 atom stereocenters. The monoisotopic (exact) mass is 394 g/mol. The molecule has 108 valence electrons. The molecule has 0 fully saturated rings. The standard InChI is InChI=1S/C14H15IN6/c1-2-7-16-14-20-12-11(17-8-18-12)13(21-14)19-10-5-3-9(15)4-6-10/h3-6,8H,2,7H2,1H3,(H3,16,17,18,19,20,21). The van der Waals surface area contributed by atoms with Crippen molar-refractivity contribution in [2.45, 2.75) is 13.3 Å². The molecule has 0 aliphatic heterocycles. The van der Waals surface area contributed by atoms with Crippen molar-refractivity contribution in [2.75, 3.05) is 17.2 Å². The van der Waals surface area contributed by atoms with Crippen LogP contribution in [0.2, 0.25) is 0 Å². The Kier molecular flexibility index (Phi) is 4.18. The second kappa shape index (κ2) is 6.25. The Balaban J connectivity index is 1.95. The molecule has 0 radical (unpaired) electrons. The molecule has 0 bridgehead atoms. The van der Waals surface area contributed by atoms with E-state index in [0.717, 1.165) is 30.0 Å². The Bertz CT molecular complexity index is 737. The van der Waals surface area contributed by atoms with Crippen LogP contribution >= 0.6 is 22.6 Å². The van der Waals surface area contributed by atoms with E-state index in [9.17, 15) is 0 Å². The number of H-pyrrole nitrogens is 1. The molecule has 1 aromatic carbocycles.